The first-order valence-electron chi connectivity index (χ1n) is 10.9. The highest BCUT2D eigenvalue weighted by molar-refractivity contribution is 5.79. The van der Waals surface area contributed by atoms with Crippen LogP contribution in [0.3, 0.4) is 0 Å². The molecule has 2 N–H and O–H groups in total. The smallest absolute Gasteiger partial charge is 0.0733 e. The number of hydrogen-bond donors (Lipinski definition) is 2. The van der Waals surface area contributed by atoms with E-state index in [1.165, 1.54) is 96.1 Å². The number of unbranched alkanes of at least 4 members (excludes halogenated alkanes) is 13. The average molecular weight is 361 g/mol. The van der Waals surface area contributed by atoms with Gasteiger partial charge in [0.2, 0.25) is 0 Å². The predicted molar refractivity (Wildman–Crippen MR) is 115 cm³/mol. The summed E-state index contributed by atoms with van der Waals surface area (Å²) in [6, 6.07) is 7.96. The van der Waals surface area contributed by atoms with E-state index in [2.05, 4.69) is 17.4 Å². The summed E-state index contributed by atoms with van der Waals surface area (Å²) in [6.07, 6.45) is 21.0. The lowest BCUT2D eigenvalue weighted by Gasteiger charge is -2.07. The molecule has 0 atom stereocenters. The molecule has 0 aliphatic heterocycles. The Hall–Kier alpha value is -1.51. The fourth-order valence-electron chi connectivity index (χ4n) is 3.31. The number of oxime groups is 1. The zero-order valence-electron chi connectivity index (χ0n) is 16.9. The van der Waals surface area contributed by atoms with Gasteiger partial charge in [0.15, 0.2) is 0 Å². The van der Waals surface area contributed by atoms with Crippen molar-refractivity contribution in [1.29, 1.82) is 0 Å². The first kappa shape index (κ1) is 22.5. The van der Waals surface area contributed by atoms with Gasteiger partial charge in [0.05, 0.1) is 6.21 Å². The standard InChI is InChI=1S/C23H40N2O/c1-2-3-4-5-6-7-8-9-10-11-12-13-14-15-20-24-23-18-16-22(17-19-23)21-25-26/h16-19,21,24,26H,2-15,20H2,1H3. The van der Waals surface area contributed by atoms with Crippen LogP contribution in [0.25, 0.3) is 0 Å². The van der Waals surface area contributed by atoms with Gasteiger partial charge in [-0.3, -0.25) is 0 Å². The van der Waals surface area contributed by atoms with Gasteiger partial charge >= 0.3 is 0 Å². The first-order chi connectivity index (χ1) is 12.9. The molecule has 0 heterocycles. The molecule has 0 aliphatic carbocycles. The Labute approximate surface area is 161 Å². The van der Waals surface area contributed by atoms with Crippen molar-refractivity contribution in [2.75, 3.05) is 11.9 Å². The number of nitrogens with zero attached hydrogens (tertiary/aromatic N) is 1. The monoisotopic (exact) mass is 360 g/mol. The van der Waals surface area contributed by atoms with E-state index in [0.29, 0.717) is 0 Å². The molecule has 0 aliphatic rings. The molecule has 0 bridgehead atoms. The Balaban J connectivity index is 1.82. The predicted octanol–water partition coefficient (Wildman–Crippen LogP) is 7.39. The topological polar surface area (TPSA) is 44.6 Å². The molecule has 0 saturated heterocycles. The Morgan fingerprint density at radius 2 is 1.19 bits per heavy atom. The van der Waals surface area contributed by atoms with Crippen LogP contribution >= 0.6 is 0 Å². The maximum atomic E-state index is 8.49. The van der Waals surface area contributed by atoms with Gasteiger partial charge < -0.3 is 10.5 Å². The second-order valence-electron chi connectivity index (χ2n) is 7.39. The van der Waals surface area contributed by atoms with Crippen LogP contribution in [-0.2, 0) is 0 Å². The molecular formula is C23H40N2O. The van der Waals surface area contributed by atoms with Gasteiger partial charge in [-0.25, -0.2) is 0 Å². The highest BCUT2D eigenvalue weighted by Gasteiger charge is 1.95. The van der Waals surface area contributed by atoms with Crippen LogP contribution in [0, 0.1) is 0 Å². The molecule has 0 unspecified atom stereocenters. The fraction of sp³-hybridized carbons (Fsp3) is 0.696. The summed E-state index contributed by atoms with van der Waals surface area (Å²) in [7, 11) is 0. The van der Waals surface area contributed by atoms with Crippen molar-refractivity contribution in [2.45, 2.75) is 96.8 Å². The molecule has 0 radical (unpaired) electrons. The Morgan fingerprint density at radius 3 is 1.65 bits per heavy atom. The van der Waals surface area contributed by atoms with Crippen molar-refractivity contribution in [2.24, 2.45) is 5.16 Å². The van der Waals surface area contributed by atoms with Gasteiger partial charge in [0.25, 0.3) is 0 Å². The minimum atomic E-state index is 0.912. The van der Waals surface area contributed by atoms with Crippen molar-refractivity contribution in [3.63, 3.8) is 0 Å². The van der Waals surface area contributed by atoms with Crippen molar-refractivity contribution >= 4 is 11.9 Å². The minimum Gasteiger partial charge on any atom is -0.411 e. The SMILES string of the molecule is CCCCCCCCCCCCCCCCNc1ccc(C=NO)cc1. The number of benzene rings is 1. The molecule has 0 saturated carbocycles. The molecular weight excluding hydrogens is 320 g/mol. The van der Waals surface area contributed by atoms with Crippen LogP contribution in [0.15, 0.2) is 29.4 Å². The van der Waals surface area contributed by atoms with Crippen molar-refractivity contribution in [3.8, 4) is 0 Å². The van der Waals surface area contributed by atoms with E-state index in [0.717, 1.165) is 17.8 Å². The molecule has 0 fully saturated rings. The molecule has 1 rings (SSSR count). The van der Waals surface area contributed by atoms with Crippen LogP contribution in [0.2, 0.25) is 0 Å². The third kappa shape index (κ3) is 12.8. The van der Waals surface area contributed by atoms with Crippen LogP contribution < -0.4 is 5.32 Å². The van der Waals surface area contributed by atoms with Crippen molar-refractivity contribution in [3.05, 3.63) is 29.8 Å². The lowest BCUT2D eigenvalue weighted by molar-refractivity contribution is 0.322. The summed E-state index contributed by atoms with van der Waals surface area (Å²) in [4.78, 5) is 0. The number of anilines is 1. The van der Waals surface area contributed by atoms with E-state index in [1.807, 2.05) is 24.3 Å². The third-order valence-electron chi connectivity index (χ3n) is 4.98. The molecule has 0 aromatic heterocycles. The van der Waals surface area contributed by atoms with Crippen molar-refractivity contribution < 1.29 is 5.21 Å². The lowest BCUT2D eigenvalue weighted by Crippen LogP contribution is -2.01. The zero-order valence-corrected chi connectivity index (χ0v) is 16.9. The van der Waals surface area contributed by atoms with Gasteiger partial charge in [0.1, 0.15) is 0 Å². The van der Waals surface area contributed by atoms with E-state index >= 15 is 0 Å². The van der Waals surface area contributed by atoms with Crippen LogP contribution in [0.5, 0.6) is 0 Å². The first-order valence-corrected chi connectivity index (χ1v) is 10.9. The number of rotatable bonds is 17. The van der Waals surface area contributed by atoms with Crippen LogP contribution in [-0.4, -0.2) is 18.0 Å². The van der Waals surface area contributed by atoms with Crippen LogP contribution in [0.4, 0.5) is 5.69 Å². The van der Waals surface area contributed by atoms with E-state index in [4.69, 9.17) is 5.21 Å². The van der Waals surface area contributed by atoms with Gasteiger partial charge in [-0.1, -0.05) is 108 Å². The van der Waals surface area contributed by atoms with Gasteiger partial charge in [0, 0.05) is 12.2 Å². The summed E-state index contributed by atoms with van der Waals surface area (Å²) >= 11 is 0. The van der Waals surface area contributed by atoms with E-state index in [1.54, 1.807) is 0 Å². The van der Waals surface area contributed by atoms with Gasteiger partial charge in [-0.15, -0.1) is 0 Å². The zero-order chi connectivity index (χ0) is 18.7. The molecule has 0 amide bonds. The lowest BCUT2D eigenvalue weighted by atomic mass is 10.0. The number of nitrogens with one attached hydrogen (secondary N) is 1. The van der Waals surface area contributed by atoms with Gasteiger partial charge in [-0.2, -0.15) is 0 Å². The molecule has 1 aromatic carbocycles. The fourth-order valence-corrected chi connectivity index (χ4v) is 3.31. The normalized spacial score (nSPS) is 11.3. The third-order valence-corrected chi connectivity index (χ3v) is 4.98. The second kappa shape index (κ2) is 16.9. The quantitative estimate of drug-likeness (QED) is 0.132. The second-order valence-corrected chi connectivity index (χ2v) is 7.39. The summed E-state index contributed by atoms with van der Waals surface area (Å²) in [5, 5.41) is 15.0. The molecule has 1 aromatic rings. The minimum absolute atomic E-state index is 0.912. The van der Waals surface area contributed by atoms with Gasteiger partial charge in [-0.05, 0) is 24.1 Å². The molecule has 3 nitrogen and oxygen atoms in total. The van der Waals surface area contributed by atoms with Crippen molar-refractivity contribution in [1.82, 2.24) is 0 Å². The summed E-state index contributed by atoms with van der Waals surface area (Å²) in [5.74, 6) is 0. The average Bonchev–Trinajstić information content (AvgIpc) is 2.66. The molecule has 3 heteroatoms. The highest BCUT2D eigenvalue weighted by atomic mass is 16.4. The molecule has 0 spiro atoms. The Kier molecular flexibility index (Phi) is 14.7. The molecule has 26 heavy (non-hydrogen) atoms. The Bertz CT molecular complexity index is 442. The van der Waals surface area contributed by atoms with Crippen LogP contribution in [0.1, 0.15) is 102 Å². The summed E-state index contributed by atoms with van der Waals surface area (Å²) < 4.78 is 0. The molecule has 148 valence electrons. The van der Waals surface area contributed by atoms with E-state index < -0.39 is 0 Å². The van der Waals surface area contributed by atoms with E-state index in [-0.39, 0.29) is 0 Å². The maximum absolute atomic E-state index is 8.49. The summed E-state index contributed by atoms with van der Waals surface area (Å²) in [5.41, 5.74) is 2.05. The maximum Gasteiger partial charge on any atom is 0.0733 e. The highest BCUT2D eigenvalue weighted by Crippen LogP contribution is 2.13. The number of hydrogen-bond acceptors (Lipinski definition) is 3. The van der Waals surface area contributed by atoms with E-state index in [9.17, 15) is 0 Å². The summed E-state index contributed by atoms with van der Waals surface area (Å²) in [6.45, 7) is 3.32. The Morgan fingerprint density at radius 1 is 0.731 bits per heavy atom. The largest absolute Gasteiger partial charge is 0.411 e.